The van der Waals surface area contributed by atoms with Crippen molar-refractivity contribution in [1.29, 1.82) is 0 Å². The fraction of sp³-hybridized carbons (Fsp3) is 0.500. The average molecular weight is 338 g/mol. The van der Waals surface area contributed by atoms with E-state index in [1.807, 2.05) is 0 Å². The Kier molecular flexibility index (Phi) is 5.27. The zero-order valence-corrected chi connectivity index (χ0v) is 13.8. The van der Waals surface area contributed by atoms with Crippen LogP contribution in [0.4, 0.5) is 17.6 Å². The number of carbonyl (C=O) groups excluding carboxylic acids is 1. The molecule has 0 N–H and O–H groups in total. The van der Waals surface area contributed by atoms with Gasteiger partial charge in [-0.3, -0.25) is 0 Å². The van der Waals surface area contributed by atoms with Gasteiger partial charge in [-0.05, 0) is 31.2 Å². The number of rotatable bonds is 6. The lowest BCUT2D eigenvalue weighted by molar-refractivity contribution is -0.278. The SMILES string of the molecule is CCOC(=O)c1ccc(OC(F)(F)C(F)(F)[Si](C)(C)C)cc1. The van der Waals surface area contributed by atoms with Crippen LogP contribution in [0.15, 0.2) is 24.3 Å². The molecule has 0 amide bonds. The molecule has 0 aliphatic carbocycles. The zero-order chi connectivity index (χ0) is 17.2. The van der Waals surface area contributed by atoms with E-state index in [2.05, 4.69) is 4.74 Å². The summed E-state index contributed by atoms with van der Waals surface area (Å²) < 4.78 is 64.0. The van der Waals surface area contributed by atoms with Gasteiger partial charge in [0.25, 0.3) is 0 Å². The van der Waals surface area contributed by atoms with Crippen LogP contribution in [0.1, 0.15) is 17.3 Å². The van der Waals surface area contributed by atoms with E-state index in [0.717, 1.165) is 31.8 Å². The van der Waals surface area contributed by atoms with E-state index in [1.165, 1.54) is 12.1 Å². The summed E-state index contributed by atoms with van der Waals surface area (Å²) in [5.74, 6) is -1.08. The number of carbonyl (C=O) groups is 1. The van der Waals surface area contributed by atoms with Gasteiger partial charge in [-0.2, -0.15) is 8.78 Å². The first-order valence-electron chi connectivity index (χ1n) is 6.64. The third kappa shape index (κ3) is 3.79. The Balaban J connectivity index is 2.93. The Morgan fingerprint density at radius 2 is 1.59 bits per heavy atom. The van der Waals surface area contributed by atoms with Gasteiger partial charge in [0.05, 0.1) is 12.2 Å². The van der Waals surface area contributed by atoms with E-state index < -0.39 is 31.4 Å². The lowest BCUT2D eigenvalue weighted by Crippen LogP contribution is -2.59. The predicted molar refractivity (Wildman–Crippen MR) is 76.3 cm³/mol. The first kappa shape index (κ1) is 18.5. The molecule has 0 saturated heterocycles. The minimum Gasteiger partial charge on any atom is -0.462 e. The Morgan fingerprint density at radius 3 is 2.00 bits per heavy atom. The maximum absolute atomic E-state index is 13.8. The normalized spacial score (nSPS) is 12.9. The Hall–Kier alpha value is -1.57. The van der Waals surface area contributed by atoms with Crippen LogP contribution < -0.4 is 4.74 Å². The van der Waals surface area contributed by atoms with E-state index in [4.69, 9.17) is 4.74 Å². The van der Waals surface area contributed by atoms with Gasteiger partial charge in [0.15, 0.2) is 0 Å². The molecule has 1 aromatic rings. The van der Waals surface area contributed by atoms with E-state index in [0.29, 0.717) is 0 Å². The molecule has 1 rings (SSSR count). The summed E-state index contributed by atoms with van der Waals surface area (Å²) in [5, 5.41) is 0. The van der Waals surface area contributed by atoms with E-state index in [-0.39, 0.29) is 12.2 Å². The molecule has 0 fully saturated rings. The van der Waals surface area contributed by atoms with Crippen LogP contribution in [0.2, 0.25) is 19.6 Å². The summed E-state index contributed by atoms with van der Waals surface area (Å²) in [7, 11) is -3.50. The first-order chi connectivity index (χ1) is 9.92. The number of benzene rings is 1. The molecule has 0 aliphatic heterocycles. The Bertz CT molecular complexity index is 524. The summed E-state index contributed by atoms with van der Waals surface area (Å²) in [6, 6.07) is 4.41. The molecule has 22 heavy (non-hydrogen) atoms. The fourth-order valence-electron chi connectivity index (χ4n) is 1.52. The third-order valence-corrected chi connectivity index (χ3v) is 5.09. The molecule has 0 saturated carbocycles. The van der Waals surface area contributed by atoms with Crippen LogP contribution in [0.5, 0.6) is 5.75 Å². The smallest absolute Gasteiger partial charge is 0.459 e. The second kappa shape index (κ2) is 6.27. The van der Waals surface area contributed by atoms with Crippen LogP contribution in [-0.2, 0) is 4.74 Å². The lowest BCUT2D eigenvalue weighted by atomic mass is 10.2. The minimum atomic E-state index is -4.62. The molecule has 0 radical (unpaired) electrons. The van der Waals surface area contributed by atoms with E-state index in [9.17, 15) is 22.4 Å². The lowest BCUT2D eigenvalue weighted by Gasteiger charge is -2.34. The zero-order valence-electron chi connectivity index (χ0n) is 12.8. The summed E-state index contributed by atoms with van der Waals surface area (Å²) in [6.07, 6.45) is -4.62. The van der Waals surface area contributed by atoms with Crippen LogP contribution in [0.25, 0.3) is 0 Å². The van der Waals surface area contributed by atoms with Crippen molar-refractivity contribution in [3.8, 4) is 5.75 Å². The van der Waals surface area contributed by atoms with Crippen molar-refractivity contribution in [2.45, 2.75) is 38.2 Å². The molecule has 0 aromatic heterocycles. The van der Waals surface area contributed by atoms with Crippen molar-refractivity contribution in [3.63, 3.8) is 0 Å². The molecule has 8 heteroatoms. The highest BCUT2D eigenvalue weighted by Crippen LogP contribution is 2.42. The molecule has 0 aliphatic rings. The second-order valence-corrected chi connectivity index (χ2v) is 10.8. The van der Waals surface area contributed by atoms with Crippen molar-refractivity contribution < 1.29 is 31.8 Å². The van der Waals surface area contributed by atoms with E-state index >= 15 is 0 Å². The topological polar surface area (TPSA) is 35.5 Å². The van der Waals surface area contributed by atoms with Crippen LogP contribution in [-0.4, -0.2) is 32.3 Å². The van der Waals surface area contributed by atoms with Gasteiger partial charge in [-0.15, -0.1) is 0 Å². The molecule has 0 atom stereocenters. The number of esters is 1. The van der Waals surface area contributed by atoms with Crippen molar-refractivity contribution in [3.05, 3.63) is 29.8 Å². The van der Waals surface area contributed by atoms with Gasteiger partial charge in [-0.1, -0.05) is 19.6 Å². The number of hydrogen-bond donors (Lipinski definition) is 0. The number of ether oxygens (including phenoxy) is 2. The third-order valence-electron chi connectivity index (χ3n) is 2.92. The standard InChI is InChI=1S/C14H18F4O3Si/c1-5-20-12(19)10-6-8-11(9-7-10)21-13(15,16)14(17,18)22(2,3)4/h6-9H,5H2,1-4H3. The van der Waals surface area contributed by atoms with Gasteiger partial charge >= 0.3 is 17.6 Å². The molecular weight excluding hydrogens is 320 g/mol. The highest BCUT2D eigenvalue weighted by molar-refractivity contribution is 6.78. The maximum atomic E-state index is 13.8. The molecule has 0 heterocycles. The molecule has 0 spiro atoms. The molecule has 0 bridgehead atoms. The van der Waals surface area contributed by atoms with Crippen LogP contribution >= 0.6 is 0 Å². The second-order valence-electron chi connectivity index (χ2n) is 5.69. The predicted octanol–water partition coefficient (Wildman–Crippen LogP) is 4.35. The quantitative estimate of drug-likeness (QED) is 0.439. The van der Waals surface area contributed by atoms with Crippen molar-refractivity contribution in [2.75, 3.05) is 6.61 Å². The van der Waals surface area contributed by atoms with Gasteiger partial charge in [-0.25, -0.2) is 13.6 Å². The number of hydrogen-bond acceptors (Lipinski definition) is 3. The number of halogens is 4. The fourth-order valence-corrected chi connectivity index (χ4v) is 2.45. The summed E-state index contributed by atoms with van der Waals surface area (Å²) in [6.45, 7) is 5.18. The molecule has 3 nitrogen and oxygen atoms in total. The average Bonchev–Trinajstić information content (AvgIpc) is 2.37. The molecule has 0 unspecified atom stereocenters. The summed E-state index contributed by atoms with van der Waals surface area (Å²) >= 11 is 0. The van der Waals surface area contributed by atoms with Gasteiger partial charge in [0.1, 0.15) is 13.8 Å². The maximum Gasteiger partial charge on any atom is 0.459 e. The monoisotopic (exact) mass is 338 g/mol. The summed E-state index contributed by atoms with van der Waals surface area (Å²) in [5.41, 5.74) is -4.12. The van der Waals surface area contributed by atoms with Crippen molar-refractivity contribution >= 4 is 14.0 Å². The minimum absolute atomic E-state index is 0.120. The van der Waals surface area contributed by atoms with Crippen molar-refractivity contribution in [2.24, 2.45) is 0 Å². The molecule has 1 aromatic carbocycles. The molecule has 124 valence electrons. The van der Waals surface area contributed by atoms with Crippen molar-refractivity contribution in [1.82, 2.24) is 0 Å². The first-order valence-corrected chi connectivity index (χ1v) is 10.1. The van der Waals surface area contributed by atoms with E-state index in [1.54, 1.807) is 6.92 Å². The Labute approximate surface area is 127 Å². The largest absolute Gasteiger partial charge is 0.462 e. The summed E-state index contributed by atoms with van der Waals surface area (Å²) in [4.78, 5) is 11.4. The highest BCUT2D eigenvalue weighted by Gasteiger charge is 2.66. The number of alkyl halides is 4. The van der Waals surface area contributed by atoms with Gasteiger partial charge < -0.3 is 9.47 Å². The molecular formula is C14H18F4O3Si. The highest BCUT2D eigenvalue weighted by atomic mass is 28.3. The Morgan fingerprint density at radius 1 is 1.09 bits per heavy atom. The van der Waals surface area contributed by atoms with Crippen LogP contribution in [0, 0.1) is 0 Å². The van der Waals surface area contributed by atoms with Gasteiger partial charge in [0.2, 0.25) is 0 Å². The van der Waals surface area contributed by atoms with Crippen LogP contribution in [0.3, 0.4) is 0 Å². The van der Waals surface area contributed by atoms with Gasteiger partial charge in [0, 0.05) is 0 Å².